The van der Waals surface area contributed by atoms with Crippen molar-refractivity contribution >= 4 is 17.8 Å². The molecule has 0 saturated heterocycles. The van der Waals surface area contributed by atoms with Crippen molar-refractivity contribution in [1.82, 2.24) is 0 Å². The molecule has 64 valence electrons. The van der Waals surface area contributed by atoms with Crippen LogP contribution in [0.2, 0.25) is 0 Å². The molecule has 1 rings (SSSR count). The van der Waals surface area contributed by atoms with Crippen LogP contribution in [0.4, 0.5) is 0 Å². The molecule has 0 unspecified atom stereocenters. The quantitative estimate of drug-likeness (QED) is 0.629. The van der Waals surface area contributed by atoms with Crippen LogP contribution in [0.3, 0.4) is 0 Å². The molecule has 0 saturated carbocycles. The molecule has 0 fully saturated rings. The maximum Gasteiger partial charge on any atom is 0.0826 e. The average Bonchev–Trinajstić information content (AvgIpc) is 2.06. The van der Waals surface area contributed by atoms with Crippen LogP contribution in [-0.2, 0) is 0 Å². The van der Waals surface area contributed by atoms with Gasteiger partial charge in [0.15, 0.2) is 0 Å². The molecular formula is C9H12N2S. The van der Waals surface area contributed by atoms with Crippen LogP contribution >= 0.6 is 12.1 Å². The summed E-state index contributed by atoms with van der Waals surface area (Å²) < 4.78 is 4.10. The number of hydrogen-bond acceptors (Lipinski definition) is 3. The highest BCUT2D eigenvalue weighted by molar-refractivity contribution is 7.95. The van der Waals surface area contributed by atoms with Crippen molar-refractivity contribution in [2.24, 2.45) is 9.54 Å². The first kappa shape index (κ1) is 9.29. The van der Waals surface area contributed by atoms with E-state index in [1.54, 1.807) is 0 Å². The molecule has 1 aliphatic rings. The van der Waals surface area contributed by atoms with E-state index in [1.165, 1.54) is 0 Å². The zero-order chi connectivity index (χ0) is 9.14. The fourth-order valence-corrected chi connectivity index (χ4v) is 1.39. The minimum absolute atomic E-state index is 0.905. The van der Waals surface area contributed by atoms with E-state index in [2.05, 4.69) is 11.0 Å². The third-order valence-corrected chi connectivity index (χ3v) is 2.15. The van der Waals surface area contributed by atoms with Gasteiger partial charge in [0.05, 0.1) is 17.8 Å². The number of hydrogen-bond donors (Lipinski definition) is 1. The lowest BCUT2D eigenvalue weighted by Crippen LogP contribution is -2.08. The fraction of sp³-hybridized carbons (Fsp3) is 0.222. The second-order valence-electron chi connectivity index (χ2n) is 2.72. The zero-order valence-corrected chi connectivity index (χ0v) is 8.11. The minimum atomic E-state index is 0.905. The first-order valence-electron chi connectivity index (χ1n) is 3.66. The summed E-state index contributed by atoms with van der Waals surface area (Å²) >= 11 is 0.977. The Bertz CT molecular complexity index is 294. The van der Waals surface area contributed by atoms with Crippen LogP contribution in [0.1, 0.15) is 13.8 Å². The van der Waals surface area contributed by atoms with Gasteiger partial charge in [0.1, 0.15) is 0 Å². The predicted octanol–water partition coefficient (Wildman–Crippen LogP) is 2.41. The van der Waals surface area contributed by atoms with E-state index in [-0.39, 0.29) is 0 Å². The first-order chi connectivity index (χ1) is 5.66. The second-order valence-corrected chi connectivity index (χ2v) is 3.12. The lowest BCUT2D eigenvalue weighted by Gasteiger charge is -2.13. The molecule has 0 heterocycles. The molecule has 0 atom stereocenters. The van der Waals surface area contributed by atoms with Gasteiger partial charge in [0, 0.05) is 0 Å². The molecule has 0 radical (unpaired) electrons. The number of nitrogens with zero attached hydrogens (tertiary/aromatic N) is 1. The first-order valence-corrected chi connectivity index (χ1v) is 4.49. The van der Waals surface area contributed by atoms with Crippen molar-refractivity contribution in [3.63, 3.8) is 0 Å². The molecule has 2 nitrogen and oxygen atoms in total. The van der Waals surface area contributed by atoms with Crippen LogP contribution in [0.25, 0.3) is 0 Å². The Kier molecular flexibility index (Phi) is 2.89. The van der Waals surface area contributed by atoms with Gasteiger partial charge in [-0.1, -0.05) is 18.7 Å². The summed E-state index contributed by atoms with van der Waals surface area (Å²) in [4.78, 5) is 0. The highest BCUT2D eigenvalue weighted by Gasteiger charge is 2.11. The van der Waals surface area contributed by atoms with E-state index in [0.29, 0.717) is 0 Å². The van der Waals surface area contributed by atoms with Crippen molar-refractivity contribution in [2.75, 3.05) is 0 Å². The van der Waals surface area contributed by atoms with Crippen molar-refractivity contribution in [2.45, 2.75) is 13.8 Å². The highest BCUT2D eigenvalue weighted by Crippen LogP contribution is 2.21. The Morgan fingerprint density at radius 1 is 1.33 bits per heavy atom. The Labute approximate surface area is 77.2 Å². The summed E-state index contributed by atoms with van der Waals surface area (Å²) in [6.07, 6.45) is 4.07. The Balaban J connectivity index is 3.06. The van der Waals surface area contributed by atoms with Crippen LogP contribution in [0.15, 0.2) is 39.8 Å². The summed E-state index contributed by atoms with van der Waals surface area (Å²) in [5.41, 5.74) is 4.13. The molecule has 12 heavy (non-hydrogen) atoms. The lowest BCUT2D eigenvalue weighted by molar-refractivity contribution is 1.40. The predicted molar refractivity (Wildman–Crippen MR) is 55.9 cm³/mol. The maximum atomic E-state index is 5.27. The summed E-state index contributed by atoms with van der Waals surface area (Å²) in [7, 11) is 0. The van der Waals surface area contributed by atoms with Gasteiger partial charge in [-0.3, -0.25) is 5.14 Å². The molecule has 1 aliphatic carbocycles. The molecule has 0 aliphatic heterocycles. The zero-order valence-electron chi connectivity index (χ0n) is 7.29. The van der Waals surface area contributed by atoms with E-state index >= 15 is 0 Å². The summed E-state index contributed by atoms with van der Waals surface area (Å²) in [6, 6.07) is 0. The molecule has 0 amide bonds. The Morgan fingerprint density at radius 2 is 1.92 bits per heavy atom. The van der Waals surface area contributed by atoms with E-state index in [0.717, 1.165) is 34.6 Å². The maximum absolute atomic E-state index is 5.27. The van der Waals surface area contributed by atoms with Gasteiger partial charge < -0.3 is 0 Å². The van der Waals surface area contributed by atoms with Crippen molar-refractivity contribution < 1.29 is 0 Å². The van der Waals surface area contributed by atoms with Crippen LogP contribution < -0.4 is 5.14 Å². The molecule has 2 N–H and O–H groups in total. The second kappa shape index (κ2) is 3.74. The van der Waals surface area contributed by atoms with Gasteiger partial charge in [0.25, 0.3) is 0 Å². The topological polar surface area (TPSA) is 38.4 Å². The van der Waals surface area contributed by atoms with E-state index in [4.69, 9.17) is 5.14 Å². The van der Waals surface area contributed by atoms with Gasteiger partial charge in [-0.15, -0.1) is 0 Å². The third-order valence-electron chi connectivity index (χ3n) is 1.86. The van der Waals surface area contributed by atoms with Crippen molar-refractivity contribution in [3.05, 3.63) is 35.5 Å². The minimum Gasteiger partial charge on any atom is -0.258 e. The highest BCUT2D eigenvalue weighted by atomic mass is 32.2. The number of allylic oxidation sites excluding steroid dienone is 5. The smallest absolute Gasteiger partial charge is 0.0826 e. The molecule has 3 heteroatoms. The average molecular weight is 180 g/mol. The monoisotopic (exact) mass is 180 g/mol. The summed E-state index contributed by atoms with van der Waals surface area (Å²) in [5, 5.41) is 5.27. The molecule has 0 aromatic rings. The standard InChI is InChI=1S/C9H12N2S/c1-6-4-5-7(2)9(8(6)3)11-12-10/h4-5H,3,10H2,1-2H3. The van der Waals surface area contributed by atoms with Crippen LogP contribution in [0.5, 0.6) is 0 Å². The van der Waals surface area contributed by atoms with E-state index in [9.17, 15) is 0 Å². The van der Waals surface area contributed by atoms with Gasteiger partial charge in [-0.05, 0) is 30.6 Å². The van der Waals surface area contributed by atoms with Crippen LogP contribution in [0, 0.1) is 0 Å². The molecule has 0 aromatic heterocycles. The molecule has 0 aromatic carbocycles. The lowest BCUT2D eigenvalue weighted by atomic mass is 9.94. The van der Waals surface area contributed by atoms with Crippen molar-refractivity contribution in [1.29, 1.82) is 0 Å². The number of nitrogens with two attached hydrogens (primary N) is 1. The van der Waals surface area contributed by atoms with E-state index < -0.39 is 0 Å². The van der Waals surface area contributed by atoms with Gasteiger partial charge in [0.2, 0.25) is 0 Å². The summed E-state index contributed by atoms with van der Waals surface area (Å²) in [6.45, 7) is 7.96. The Morgan fingerprint density at radius 3 is 2.50 bits per heavy atom. The van der Waals surface area contributed by atoms with Crippen LogP contribution in [-0.4, -0.2) is 5.71 Å². The fourth-order valence-electron chi connectivity index (χ4n) is 1.03. The number of rotatable bonds is 1. The third kappa shape index (κ3) is 1.68. The summed E-state index contributed by atoms with van der Waals surface area (Å²) in [5.74, 6) is 0. The largest absolute Gasteiger partial charge is 0.258 e. The normalized spacial score (nSPS) is 20.9. The van der Waals surface area contributed by atoms with Gasteiger partial charge in [-0.2, -0.15) is 4.40 Å². The Hall–Kier alpha value is -0.800. The van der Waals surface area contributed by atoms with E-state index in [1.807, 2.05) is 26.0 Å². The molecule has 0 spiro atoms. The molecule has 0 bridgehead atoms. The SMILES string of the molecule is C=C1C(C)=CC=C(C)C1=NSN. The molecular weight excluding hydrogens is 168 g/mol. The van der Waals surface area contributed by atoms with Gasteiger partial charge >= 0.3 is 0 Å². The van der Waals surface area contributed by atoms with Crippen molar-refractivity contribution in [3.8, 4) is 0 Å². The van der Waals surface area contributed by atoms with Gasteiger partial charge in [-0.25, -0.2) is 0 Å².